The average molecular weight is 313 g/mol. The molecule has 0 saturated carbocycles. The molecule has 116 valence electrons. The SMILES string of the molecule is COc1ccncc1-c1ccc2nccc(-c3ccncc3)c2c1. The molecule has 0 spiro atoms. The largest absolute Gasteiger partial charge is 0.496 e. The van der Waals surface area contributed by atoms with E-state index in [9.17, 15) is 0 Å². The summed E-state index contributed by atoms with van der Waals surface area (Å²) in [7, 11) is 1.67. The highest BCUT2D eigenvalue weighted by atomic mass is 16.5. The van der Waals surface area contributed by atoms with Gasteiger partial charge >= 0.3 is 0 Å². The van der Waals surface area contributed by atoms with Crippen molar-refractivity contribution in [3.63, 3.8) is 0 Å². The van der Waals surface area contributed by atoms with Gasteiger partial charge in [-0.3, -0.25) is 15.0 Å². The van der Waals surface area contributed by atoms with Crippen LogP contribution in [-0.2, 0) is 0 Å². The van der Waals surface area contributed by atoms with Gasteiger partial charge in [0.15, 0.2) is 0 Å². The summed E-state index contributed by atoms with van der Waals surface area (Å²) < 4.78 is 5.46. The monoisotopic (exact) mass is 313 g/mol. The number of hydrogen-bond donors (Lipinski definition) is 0. The number of methoxy groups -OCH3 is 1. The van der Waals surface area contributed by atoms with Crippen LogP contribution in [0.15, 0.2) is 73.4 Å². The lowest BCUT2D eigenvalue weighted by Gasteiger charge is -2.11. The van der Waals surface area contributed by atoms with Crippen molar-refractivity contribution in [2.45, 2.75) is 0 Å². The Balaban J connectivity index is 1.95. The van der Waals surface area contributed by atoms with Crippen LogP contribution in [0.4, 0.5) is 0 Å². The van der Waals surface area contributed by atoms with Crippen molar-refractivity contribution >= 4 is 10.9 Å². The van der Waals surface area contributed by atoms with Crippen molar-refractivity contribution in [3.05, 3.63) is 73.4 Å². The van der Waals surface area contributed by atoms with Crippen LogP contribution in [0.5, 0.6) is 5.75 Å². The normalized spacial score (nSPS) is 10.7. The van der Waals surface area contributed by atoms with E-state index < -0.39 is 0 Å². The number of pyridine rings is 3. The van der Waals surface area contributed by atoms with E-state index in [4.69, 9.17) is 4.74 Å². The molecule has 4 aromatic rings. The van der Waals surface area contributed by atoms with Crippen molar-refractivity contribution < 1.29 is 4.74 Å². The maximum atomic E-state index is 5.46. The molecular weight excluding hydrogens is 298 g/mol. The van der Waals surface area contributed by atoms with Gasteiger partial charge < -0.3 is 4.74 Å². The summed E-state index contributed by atoms with van der Waals surface area (Å²) in [6, 6.07) is 14.1. The lowest BCUT2D eigenvalue weighted by atomic mass is 9.98. The Morgan fingerprint density at radius 2 is 1.58 bits per heavy atom. The first-order valence-corrected chi connectivity index (χ1v) is 7.64. The van der Waals surface area contributed by atoms with Crippen molar-refractivity contribution in [1.82, 2.24) is 15.0 Å². The van der Waals surface area contributed by atoms with Gasteiger partial charge in [-0.2, -0.15) is 0 Å². The van der Waals surface area contributed by atoms with E-state index in [-0.39, 0.29) is 0 Å². The number of ether oxygens (including phenoxy) is 1. The van der Waals surface area contributed by atoms with Crippen LogP contribution in [-0.4, -0.2) is 22.1 Å². The van der Waals surface area contributed by atoms with Gasteiger partial charge in [-0.1, -0.05) is 6.07 Å². The zero-order chi connectivity index (χ0) is 16.4. The fraction of sp³-hybridized carbons (Fsp3) is 0.0500. The van der Waals surface area contributed by atoms with Gasteiger partial charge in [0, 0.05) is 41.9 Å². The third-order valence-electron chi connectivity index (χ3n) is 4.04. The lowest BCUT2D eigenvalue weighted by Crippen LogP contribution is -1.90. The molecule has 0 amide bonds. The molecule has 24 heavy (non-hydrogen) atoms. The van der Waals surface area contributed by atoms with E-state index in [1.807, 2.05) is 48.8 Å². The summed E-state index contributed by atoms with van der Waals surface area (Å²) in [6.45, 7) is 0. The fourth-order valence-electron chi connectivity index (χ4n) is 2.87. The van der Waals surface area contributed by atoms with Crippen LogP contribution in [0.25, 0.3) is 33.2 Å². The van der Waals surface area contributed by atoms with Gasteiger partial charge in [0.05, 0.1) is 12.6 Å². The molecule has 4 heteroatoms. The number of fused-ring (bicyclic) bond motifs is 1. The highest BCUT2D eigenvalue weighted by Crippen LogP contribution is 2.34. The molecule has 1 aromatic carbocycles. The Kier molecular flexibility index (Phi) is 3.63. The Hall–Kier alpha value is -3.27. The standard InChI is InChI=1S/C20H15N3O/c1-24-20-7-10-22-13-18(20)15-2-3-19-17(12-15)16(6-11-23-19)14-4-8-21-9-5-14/h2-13H,1H3. The third kappa shape index (κ3) is 2.48. The van der Waals surface area contributed by atoms with Crippen molar-refractivity contribution in [1.29, 1.82) is 0 Å². The fourth-order valence-corrected chi connectivity index (χ4v) is 2.87. The van der Waals surface area contributed by atoms with Crippen LogP contribution in [0, 0.1) is 0 Å². The quantitative estimate of drug-likeness (QED) is 0.563. The van der Waals surface area contributed by atoms with Crippen molar-refractivity contribution in [2.75, 3.05) is 7.11 Å². The highest BCUT2D eigenvalue weighted by molar-refractivity contribution is 5.97. The number of benzene rings is 1. The topological polar surface area (TPSA) is 47.9 Å². The summed E-state index contributed by atoms with van der Waals surface area (Å²) in [5.74, 6) is 0.804. The van der Waals surface area contributed by atoms with Crippen LogP contribution in [0.3, 0.4) is 0 Å². The summed E-state index contributed by atoms with van der Waals surface area (Å²) >= 11 is 0. The Morgan fingerprint density at radius 3 is 2.42 bits per heavy atom. The van der Waals surface area contributed by atoms with E-state index in [0.29, 0.717) is 0 Å². The molecule has 0 atom stereocenters. The Labute approximate surface area is 139 Å². The molecular formula is C20H15N3O. The second kappa shape index (κ2) is 6.08. The smallest absolute Gasteiger partial charge is 0.129 e. The summed E-state index contributed by atoms with van der Waals surface area (Å²) in [4.78, 5) is 12.8. The lowest BCUT2D eigenvalue weighted by molar-refractivity contribution is 0.416. The molecule has 0 unspecified atom stereocenters. The highest BCUT2D eigenvalue weighted by Gasteiger charge is 2.09. The van der Waals surface area contributed by atoms with E-state index in [1.165, 1.54) is 0 Å². The van der Waals surface area contributed by atoms with Gasteiger partial charge in [-0.05, 0) is 53.1 Å². The van der Waals surface area contributed by atoms with E-state index >= 15 is 0 Å². The summed E-state index contributed by atoms with van der Waals surface area (Å²) in [6.07, 6.45) is 8.99. The predicted octanol–water partition coefficient (Wildman–Crippen LogP) is 4.37. The maximum Gasteiger partial charge on any atom is 0.129 e. The number of rotatable bonds is 3. The molecule has 3 aromatic heterocycles. The average Bonchev–Trinajstić information content (AvgIpc) is 2.67. The molecule has 0 aliphatic carbocycles. The van der Waals surface area contributed by atoms with Crippen LogP contribution < -0.4 is 4.74 Å². The zero-order valence-electron chi connectivity index (χ0n) is 13.2. The molecule has 0 saturated heterocycles. The number of aromatic nitrogens is 3. The van der Waals surface area contributed by atoms with Gasteiger partial charge in [-0.15, -0.1) is 0 Å². The van der Waals surface area contributed by atoms with Crippen molar-refractivity contribution in [2.24, 2.45) is 0 Å². The minimum atomic E-state index is 0.804. The van der Waals surface area contributed by atoms with Gasteiger partial charge in [-0.25, -0.2) is 0 Å². The first-order valence-electron chi connectivity index (χ1n) is 7.64. The molecule has 0 fully saturated rings. The van der Waals surface area contributed by atoms with Crippen LogP contribution in [0.1, 0.15) is 0 Å². The first-order chi connectivity index (χ1) is 11.9. The minimum Gasteiger partial charge on any atom is -0.496 e. The van der Waals surface area contributed by atoms with Gasteiger partial charge in [0.2, 0.25) is 0 Å². The molecule has 4 rings (SSSR count). The third-order valence-corrected chi connectivity index (χ3v) is 4.04. The predicted molar refractivity (Wildman–Crippen MR) is 94.8 cm³/mol. The molecule has 0 aliphatic heterocycles. The first kappa shape index (κ1) is 14.3. The molecule has 4 nitrogen and oxygen atoms in total. The van der Waals surface area contributed by atoms with Crippen molar-refractivity contribution in [3.8, 4) is 28.0 Å². The second-order valence-electron chi connectivity index (χ2n) is 5.40. The summed E-state index contributed by atoms with van der Waals surface area (Å²) in [5, 5.41) is 1.09. The summed E-state index contributed by atoms with van der Waals surface area (Å²) in [5.41, 5.74) is 5.22. The number of nitrogens with zero attached hydrogens (tertiary/aromatic N) is 3. The molecule has 0 bridgehead atoms. The molecule has 3 heterocycles. The minimum absolute atomic E-state index is 0.804. The zero-order valence-corrected chi connectivity index (χ0v) is 13.2. The van der Waals surface area contributed by atoms with Crippen LogP contribution in [0.2, 0.25) is 0 Å². The molecule has 0 radical (unpaired) electrons. The van der Waals surface area contributed by atoms with E-state index in [1.54, 1.807) is 25.7 Å². The maximum absolute atomic E-state index is 5.46. The van der Waals surface area contributed by atoms with E-state index in [0.717, 1.165) is 38.9 Å². The second-order valence-corrected chi connectivity index (χ2v) is 5.40. The van der Waals surface area contributed by atoms with Crippen LogP contribution >= 0.6 is 0 Å². The van der Waals surface area contributed by atoms with E-state index in [2.05, 4.69) is 21.0 Å². The van der Waals surface area contributed by atoms with Gasteiger partial charge in [0.25, 0.3) is 0 Å². The molecule has 0 aliphatic rings. The number of hydrogen-bond acceptors (Lipinski definition) is 4. The molecule has 0 N–H and O–H groups in total. The Morgan fingerprint density at radius 1 is 0.750 bits per heavy atom. The van der Waals surface area contributed by atoms with Gasteiger partial charge in [0.1, 0.15) is 5.75 Å². The Bertz CT molecular complexity index is 1000.